The van der Waals surface area contributed by atoms with Crippen molar-refractivity contribution in [1.29, 1.82) is 0 Å². The fourth-order valence-corrected chi connectivity index (χ4v) is 1.33. The third kappa shape index (κ3) is 5.85. The van der Waals surface area contributed by atoms with Crippen LogP contribution in [0.1, 0.15) is 5.56 Å². The van der Waals surface area contributed by atoms with E-state index in [2.05, 4.69) is 11.9 Å². The Bertz CT molecular complexity index is 363. The molecule has 17 heavy (non-hydrogen) atoms. The van der Waals surface area contributed by atoms with Gasteiger partial charge < -0.3 is 15.8 Å². The minimum atomic E-state index is -0.446. The van der Waals surface area contributed by atoms with Gasteiger partial charge in [-0.1, -0.05) is 36.9 Å². The summed E-state index contributed by atoms with van der Waals surface area (Å²) in [5, 5.41) is 3.18. The Morgan fingerprint density at radius 1 is 1.35 bits per heavy atom. The summed E-state index contributed by atoms with van der Waals surface area (Å²) in [6.07, 6.45) is 0. The fraction of sp³-hybridized carbons (Fsp3) is 0.308. The quantitative estimate of drug-likeness (QED) is 0.654. The van der Waals surface area contributed by atoms with E-state index < -0.39 is 5.91 Å². The normalized spacial score (nSPS) is 10.1. The van der Waals surface area contributed by atoms with Gasteiger partial charge >= 0.3 is 0 Å². The Morgan fingerprint density at radius 3 is 2.71 bits per heavy atom. The van der Waals surface area contributed by atoms with Crippen LogP contribution in [0.4, 0.5) is 0 Å². The molecule has 1 amide bonds. The molecule has 0 aromatic heterocycles. The van der Waals surface area contributed by atoms with Crippen LogP contribution >= 0.6 is 0 Å². The molecule has 0 radical (unpaired) electrons. The van der Waals surface area contributed by atoms with Gasteiger partial charge in [-0.15, -0.1) is 0 Å². The lowest BCUT2D eigenvalue weighted by molar-refractivity contribution is -0.122. The summed E-state index contributed by atoms with van der Waals surface area (Å²) in [6.45, 7) is 5.79. The Hall–Kier alpha value is -1.65. The Morgan fingerprint density at radius 2 is 2.06 bits per heavy atom. The van der Waals surface area contributed by atoms with E-state index in [4.69, 9.17) is 10.5 Å². The highest BCUT2D eigenvalue weighted by atomic mass is 16.5. The number of carbonyl (C=O) groups is 1. The second kappa shape index (κ2) is 7.60. The number of amides is 1. The second-order valence-corrected chi connectivity index (χ2v) is 3.67. The predicted octanol–water partition coefficient (Wildman–Crippen LogP) is 0.791. The van der Waals surface area contributed by atoms with Crippen LogP contribution < -0.4 is 11.1 Å². The SMILES string of the molecule is C=C(CNCCOCC(N)=O)c1ccccc1. The van der Waals surface area contributed by atoms with Crippen molar-refractivity contribution in [3.05, 3.63) is 42.5 Å². The molecule has 0 heterocycles. The van der Waals surface area contributed by atoms with E-state index in [1.807, 2.05) is 30.3 Å². The van der Waals surface area contributed by atoms with Gasteiger partial charge in [0.2, 0.25) is 5.91 Å². The maximum atomic E-state index is 10.4. The summed E-state index contributed by atoms with van der Waals surface area (Å²) in [7, 11) is 0. The first kappa shape index (κ1) is 13.4. The molecule has 0 saturated carbocycles. The number of carbonyl (C=O) groups excluding carboxylic acids is 1. The molecule has 1 rings (SSSR count). The minimum Gasteiger partial charge on any atom is -0.370 e. The molecule has 0 fully saturated rings. The molecule has 3 N–H and O–H groups in total. The van der Waals surface area contributed by atoms with Crippen LogP contribution in [0, 0.1) is 0 Å². The molecule has 0 unspecified atom stereocenters. The Balaban J connectivity index is 2.11. The van der Waals surface area contributed by atoms with Crippen LogP contribution in [0.2, 0.25) is 0 Å². The van der Waals surface area contributed by atoms with Crippen molar-refractivity contribution in [2.45, 2.75) is 0 Å². The summed E-state index contributed by atoms with van der Waals surface area (Å²) >= 11 is 0. The Labute approximate surface area is 101 Å². The van der Waals surface area contributed by atoms with Gasteiger partial charge in [0.05, 0.1) is 6.61 Å². The molecule has 92 valence electrons. The number of hydrogen-bond donors (Lipinski definition) is 2. The zero-order valence-electron chi connectivity index (χ0n) is 9.82. The lowest BCUT2D eigenvalue weighted by Crippen LogP contribution is -2.24. The zero-order valence-corrected chi connectivity index (χ0v) is 9.82. The van der Waals surface area contributed by atoms with Crippen LogP contribution in [-0.2, 0) is 9.53 Å². The van der Waals surface area contributed by atoms with Crippen molar-refractivity contribution in [3.63, 3.8) is 0 Å². The first-order valence-corrected chi connectivity index (χ1v) is 5.50. The van der Waals surface area contributed by atoms with E-state index in [1.54, 1.807) is 0 Å². The number of primary amides is 1. The maximum absolute atomic E-state index is 10.4. The van der Waals surface area contributed by atoms with Gasteiger partial charge in [0.25, 0.3) is 0 Å². The minimum absolute atomic E-state index is 0.0265. The van der Waals surface area contributed by atoms with E-state index in [0.717, 1.165) is 11.1 Å². The lowest BCUT2D eigenvalue weighted by atomic mass is 10.1. The topological polar surface area (TPSA) is 64.3 Å². The number of ether oxygens (including phenoxy) is 1. The molecule has 0 aliphatic carbocycles. The van der Waals surface area contributed by atoms with E-state index in [9.17, 15) is 4.79 Å². The van der Waals surface area contributed by atoms with Crippen molar-refractivity contribution in [2.24, 2.45) is 5.73 Å². The first-order chi connectivity index (χ1) is 8.20. The third-order valence-corrected chi connectivity index (χ3v) is 2.19. The summed E-state index contributed by atoms with van der Waals surface area (Å²) < 4.78 is 5.02. The average molecular weight is 234 g/mol. The Kier molecular flexibility index (Phi) is 5.99. The van der Waals surface area contributed by atoms with Gasteiger partial charge in [0.1, 0.15) is 6.61 Å². The van der Waals surface area contributed by atoms with Gasteiger partial charge in [-0.3, -0.25) is 4.79 Å². The fourth-order valence-electron chi connectivity index (χ4n) is 1.33. The summed E-state index contributed by atoms with van der Waals surface area (Å²) in [5.74, 6) is -0.446. The van der Waals surface area contributed by atoms with Crippen molar-refractivity contribution < 1.29 is 9.53 Å². The molecule has 4 nitrogen and oxygen atoms in total. The summed E-state index contributed by atoms with van der Waals surface area (Å²) in [5.41, 5.74) is 7.08. The molecular formula is C13H18N2O2. The van der Waals surface area contributed by atoms with Crippen molar-refractivity contribution in [2.75, 3.05) is 26.3 Å². The second-order valence-electron chi connectivity index (χ2n) is 3.67. The van der Waals surface area contributed by atoms with Crippen LogP contribution in [0.5, 0.6) is 0 Å². The smallest absolute Gasteiger partial charge is 0.243 e. The third-order valence-electron chi connectivity index (χ3n) is 2.19. The number of benzene rings is 1. The van der Waals surface area contributed by atoms with Crippen LogP contribution in [-0.4, -0.2) is 32.2 Å². The van der Waals surface area contributed by atoms with Gasteiger partial charge in [-0.2, -0.15) is 0 Å². The molecule has 0 aliphatic rings. The number of hydrogen-bond acceptors (Lipinski definition) is 3. The van der Waals surface area contributed by atoms with Crippen molar-refractivity contribution in [1.82, 2.24) is 5.32 Å². The molecule has 0 saturated heterocycles. The standard InChI is InChI=1S/C13H18N2O2/c1-11(12-5-3-2-4-6-12)9-15-7-8-17-10-13(14)16/h2-6,15H,1,7-10H2,(H2,14,16). The number of rotatable bonds is 8. The molecule has 0 bridgehead atoms. The average Bonchev–Trinajstić information content (AvgIpc) is 2.34. The number of nitrogens with two attached hydrogens (primary N) is 1. The molecule has 1 aromatic carbocycles. The molecule has 0 spiro atoms. The van der Waals surface area contributed by atoms with E-state index in [0.29, 0.717) is 19.7 Å². The van der Waals surface area contributed by atoms with Crippen LogP contribution in [0.3, 0.4) is 0 Å². The zero-order chi connectivity index (χ0) is 12.5. The van der Waals surface area contributed by atoms with Crippen molar-refractivity contribution >= 4 is 11.5 Å². The van der Waals surface area contributed by atoms with Gasteiger partial charge in [-0.25, -0.2) is 0 Å². The van der Waals surface area contributed by atoms with E-state index >= 15 is 0 Å². The highest BCUT2D eigenvalue weighted by molar-refractivity contribution is 5.74. The monoisotopic (exact) mass is 234 g/mol. The maximum Gasteiger partial charge on any atom is 0.243 e. The molecule has 4 heteroatoms. The van der Waals surface area contributed by atoms with Gasteiger partial charge in [-0.05, 0) is 11.1 Å². The lowest BCUT2D eigenvalue weighted by Gasteiger charge is -2.08. The number of nitrogens with one attached hydrogen (secondary N) is 1. The highest BCUT2D eigenvalue weighted by Crippen LogP contribution is 2.09. The largest absolute Gasteiger partial charge is 0.370 e. The van der Waals surface area contributed by atoms with E-state index in [1.165, 1.54) is 0 Å². The molecule has 1 aromatic rings. The predicted molar refractivity (Wildman–Crippen MR) is 68.4 cm³/mol. The summed E-state index contributed by atoms with van der Waals surface area (Å²) in [6, 6.07) is 9.98. The molecule has 0 aliphatic heterocycles. The highest BCUT2D eigenvalue weighted by Gasteiger charge is 1.97. The van der Waals surface area contributed by atoms with Gasteiger partial charge in [0.15, 0.2) is 0 Å². The molecule has 0 atom stereocenters. The summed E-state index contributed by atoms with van der Waals surface area (Å²) in [4.78, 5) is 10.4. The van der Waals surface area contributed by atoms with Crippen LogP contribution in [0.15, 0.2) is 36.9 Å². The van der Waals surface area contributed by atoms with Crippen molar-refractivity contribution in [3.8, 4) is 0 Å². The van der Waals surface area contributed by atoms with Gasteiger partial charge in [0, 0.05) is 13.1 Å². The van der Waals surface area contributed by atoms with E-state index in [-0.39, 0.29) is 6.61 Å². The molecular weight excluding hydrogens is 216 g/mol. The first-order valence-electron chi connectivity index (χ1n) is 5.50. The van der Waals surface area contributed by atoms with Crippen LogP contribution in [0.25, 0.3) is 5.57 Å².